The molecule has 0 spiro atoms. The number of halogens is 1. The van der Waals surface area contributed by atoms with Gasteiger partial charge < -0.3 is 19.8 Å². The van der Waals surface area contributed by atoms with Gasteiger partial charge in [-0.15, -0.1) is 0 Å². The second-order valence-corrected chi connectivity index (χ2v) is 7.98. The molecule has 0 fully saturated rings. The van der Waals surface area contributed by atoms with Crippen molar-refractivity contribution in [3.63, 3.8) is 0 Å². The normalized spacial score (nSPS) is 11.5. The van der Waals surface area contributed by atoms with Gasteiger partial charge in [-0.25, -0.2) is 0 Å². The van der Waals surface area contributed by atoms with Gasteiger partial charge in [-0.1, -0.05) is 11.6 Å². The summed E-state index contributed by atoms with van der Waals surface area (Å²) in [7, 11) is 1.60. The van der Waals surface area contributed by atoms with Crippen LogP contribution in [0.3, 0.4) is 0 Å². The average molecular weight is 401 g/mol. The Labute approximate surface area is 170 Å². The van der Waals surface area contributed by atoms with Crippen LogP contribution in [0.5, 0.6) is 11.5 Å². The first-order chi connectivity index (χ1) is 13.3. The maximum absolute atomic E-state index is 10.7. The van der Waals surface area contributed by atoms with Crippen LogP contribution >= 0.6 is 11.6 Å². The van der Waals surface area contributed by atoms with Crippen LogP contribution in [-0.2, 0) is 11.2 Å². The highest BCUT2D eigenvalue weighted by Crippen LogP contribution is 2.37. The van der Waals surface area contributed by atoms with Crippen LogP contribution in [0.15, 0.2) is 36.4 Å². The van der Waals surface area contributed by atoms with Crippen LogP contribution in [0.25, 0.3) is 22.2 Å². The number of H-pyrrole nitrogens is 1. The number of hydrogen-bond donors (Lipinski definition) is 2. The summed E-state index contributed by atoms with van der Waals surface area (Å²) >= 11 is 6.30. The molecule has 0 atom stereocenters. The third kappa shape index (κ3) is 4.42. The van der Waals surface area contributed by atoms with Gasteiger partial charge in [-0.3, -0.25) is 4.79 Å². The minimum Gasteiger partial charge on any atom is -0.495 e. The van der Waals surface area contributed by atoms with Gasteiger partial charge in [0.1, 0.15) is 17.1 Å². The Bertz CT molecular complexity index is 972. The number of carbonyl (C=O) groups is 1. The van der Waals surface area contributed by atoms with E-state index in [0.717, 1.165) is 33.5 Å². The van der Waals surface area contributed by atoms with Gasteiger partial charge in [0.15, 0.2) is 0 Å². The van der Waals surface area contributed by atoms with E-state index in [1.54, 1.807) is 7.11 Å². The van der Waals surface area contributed by atoms with E-state index in [1.165, 1.54) is 0 Å². The van der Waals surface area contributed by atoms with Gasteiger partial charge in [-0.05, 0) is 74.7 Å². The van der Waals surface area contributed by atoms with Crippen molar-refractivity contribution in [2.45, 2.75) is 32.8 Å². The Kier molecular flexibility index (Phi) is 5.84. The number of rotatable bonds is 7. The molecule has 6 heteroatoms. The van der Waals surface area contributed by atoms with Gasteiger partial charge in [0, 0.05) is 23.1 Å². The number of benzene rings is 2. The summed E-state index contributed by atoms with van der Waals surface area (Å²) in [5.74, 6) is 1.44. The van der Waals surface area contributed by atoms with E-state index >= 15 is 0 Å². The van der Waals surface area contributed by atoms with Crippen molar-refractivity contribution in [1.29, 1.82) is 0 Å². The second-order valence-electron chi connectivity index (χ2n) is 7.57. The van der Waals surface area contributed by atoms with Gasteiger partial charge >= 0.3 is 0 Å². The van der Waals surface area contributed by atoms with Crippen LogP contribution < -0.4 is 14.8 Å². The fraction of sp³-hybridized carbons (Fsp3) is 0.318. The smallest absolute Gasteiger partial charge is 0.207 e. The molecular weight excluding hydrogens is 376 g/mol. The molecule has 1 aromatic heterocycles. The number of fused-ring (bicyclic) bond motifs is 1. The van der Waals surface area contributed by atoms with Gasteiger partial charge in [0.05, 0.1) is 12.1 Å². The zero-order valence-electron chi connectivity index (χ0n) is 16.6. The molecule has 28 heavy (non-hydrogen) atoms. The molecule has 5 nitrogen and oxygen atoms in total. The fourth-order valence-corrected chi connectivity index (χ4v) is 3.45. The predicted molar refractivity (Wildman–Crippen MR) is 113 cm³/mol. The number of aromatic amines is 1. The summed E-state index contributed by atoms with van der Waals surface area (Å²) in [6.07, 6.45) is 1.39. The molecule has 0 saturated carbocycles. The lowest BCUT2D eigenvalue weighted by molar-refractivity contribution is -0.109. The second kappa shape index (κ2) is 8.15. The first-order valence-electron chi connectivity index (χ1n) is 9.17. The first-order valence-corrected chi connectivity index (χ1v) is 9.55. The molecular formula is C22H25ClN2O3. The van der Waals surface area contributed by atoms with Crippen molar-refractivity contribution in [2.75, 3.05) is 13.7 Å². The van der Waals surface area contributed by atoms with Crippen LogP contribution in [0.4, 0.5) is 0 Å². The number of hydrogen-bond acceptors (Lipinski definition) is 3. The first kappa shape index (κ1) is 20.1. The Hall–Kier alpha value is -2.66. The lowest BCUT2D eigenvalue weighted by Crippen LogP contribution is -2.22. The zero-order valence-corrected chi connectivity index (χ0v) is 17.3. The molecule has 148 valence electrons. The van der Waals surface area contributed by atoms with Gasteiger partial charge in [0.2, 0.25) is 6.41 Å². The lowest BCUT2D eigenvalue weighted by atomic mass is 10.0. The summed E-state index contributed by atoms with van der Waals surface area (Å²) < 4.78 is 11.3. The molecule has 1 heterocycles. The average Bonchev–Trinajstić information content (AvgIpc) is 2.98. The van der Waals surface area contributed by atoms with E-state index in [-0.39, 0.29) is 5.60 Å². The quantitative estimate of drug-likeness (QED) is 0.435. The lowest BCUT2D eigenvalue weighted by Gasteiger charge is -2.21. The molecule has 0 unspecified atom stereocenters. The molecule has 0 aliphatic carbocycles. The zero-order chi connectivity index (χ0) is 20.3. The topological polar surface area (TPSA) is 63.4 Å². The van der Waals surface area contributed by atoms with E-state index in [9.17, 15) is 4.79 Å². The van der Waals surface area contributed by atoms with Crippen LogP contribution in [0, 0.1) is 0 Å². The van der Waals surface area contributed by atoms with Crippen molar-refractivity contribution in [3.8, 4) is 22.8 Å². The molecule has 2 N–H and O–H groups in total. The Morgan fingerprint density at radius 1 is 1.18 bits per heavy atom. The highest BCUT2D eigenvalue weighted by molar-refractivity contribution is 6.32. The minimum atomic E-state index is -0.248. The molecule has 0 aliphatic rings. The molecule has 0 bridgehead atoms. The molecule has 0 radical (unpaired) electrons. The van der Waals surface area contributed by atoms with Gasteiger partial charge in [-0.2, -0.15) is 0 Å². The maximum atomic E-state index is 10.7. The molecule has 0 saturated heterocycles. The van der Waals surface area contributed by atoms with Crippen molar-refractivity contribution < 1.29 is 14.3 Å². The standard InChI is InChI=1S/C22H25ClN2O3/c1-22(2,3)28-15-7-5-14(6-8-15)21-16(9-10-24-13-26)17-11-20(27-4)18(23)12-19(17)25-21/h5-8,11-13,25H,9-10H2,1-4H3,(H,24,26). The fourth-order valence-electron chi connectivity index (χ4n) is 3.21. The van der Waals surface area contributed by atoms with Crippen molar-refractivity contribution in [2.24, 2.45) is 0 Å². The molecule has 2 aromatic carbocycles. The van der Waals surface area contributed by atoms with Gasteiger partial charge in [0.25, 0.3) is 0 Å². The SMILES string of the molecule is COc1cc2c(CCNC=O)c(-c3ccc(OC(C)(C)C)cc3)[nH]c2cc1Cl. The third-order valence-corrected chi connectivity index (χ3v) is 4.64. The van der Waals surface area contributed by atoms with Crippen molar-refractivity contribution in [1.82, 2.24) is 10.3 Å². The number of carbonyl (C=O) groups excluding carboxylic acids is 1. The van der Waals surface area contributed by atoms with Crippen molar-refractivity contribution in [3.05, 3.63) is 47.0 Å². The predicted octanol–water partition coefficient (Wildman–Crippen LogP) is 4.96. The summed E-state index contributed by atoms with van der Waals surface area (Å²) in [6.45, 7) is 6.61. The van der Waals surface area contributed by atoms with E-state index in [2.05, 4.69) is 10.3 Å². The van der Waals surface area contributed by atoms with E-state index < -0.39 is 0 Å². The molecule has 0 aliphatic heterocycles. The Balaban J connectivity index is 2.05. The van der Waals surface area contributed by atoms with Crippen molar-refractivity contribution >= 4 is 28.9 Å². The van der Waals surface area contributed by atoms with Crippen LogP contribution in [0.1, 0.15) is 26.3 Å². The number of methoxy groups -OCH3 is 1. The highest BCUT2D eigenvalue weighted by Gasteiger charge is 2.17. The van der Waals surface area contributed by atoms with Crippen LogP contribution in [-0.4, -0.2) is 30.6 Å². The number of ether oxygens (including phenoxy) is 2. The maximum Gasteiger partial charge on any atom is 0.207 e. The summed E-state index contributed by atoms with van der Waals surface area (Å²) in [5, 5.41) is 4.31. The van der Waals surface area contributed by atoms with E-state index in [1.807, 2.05) is 57.2 Å². The van der Waals surface area contributed by atoms with Crippen LogP contribution in [0.2, 0.25) is 5.02 Å². The Morgan fingerprint density at radius 2 is 1.89 bits per heavy atom. The molecule has 3 aromatic rings. The summed E-state index contributed by atoms with van der Waals surface area (Å²) in [5.41, 5.74) is 3.81. The number of amides is 1. The van der Waals surface area contributed by atoms with E-state index in [4.69, 9.17) is 21.1 Å². The highest BCUT2D eigenvalue weighted by atomic mass is 35.5. The summed E-state index contributed by atoms with van der Waals surface area (Å²) in [6, 6.07) is 11.8. The molecule has 1 amide bonds. The van der Waals surface area contributed by atoms with E-state index in [0.29, 0.717) is 30.1 Å². The minimum absolute atomic E-state index is 0.248. The number of aromatic nitrogens is 1. The largest absolute Gasteiger partial charge is 0.495 e. The monoisotopic (exact) mass is 400 g/mol. The third-order valence-electron chi connectivity index (χ3n) is 4.35. The molecule has 3 rings (SSSR count). The number of nitrogens with one attached hydrogen (secondary N) is 2. The Morgan fingerprint density at radius 3 is 2.50 bits per heavy atom. The summed E-state index contributed by atoms with van der Waals surface area (Å²) in [4.78, 5) is 14.1.